The van der Waals surface area contributed by atoms with Crippen LogP contribution in [0.5, 0.6) is 17.2 Å². The van der Waals surface area contributed by atoms with E-state index in [1.807, 2.05) is 61.5 Å². The summed E-state index contributed by atoms with van der Waals surface area (Å²) < 4.78 is 13.1. The second-order valence-electron chi connectivity index (χ2n) is 6.84. The third-order valence-electron chi connectivity index (χ3n) is 5.02. The van der Waals surface area contributed by atoms with Crippen molar-refractivity contribution in [3.63, 3.8) is 0 Å². The largest absolute Gasteiger partial charge is 0.457 e. The van der Waals surface area contributed by atoms with Crippen LogP contribution in [-0.2, 0) is 7.05 Å². The summed E-state index contributed by atoms with van der Waals surface area (Å²) in [4.78, 5) is 13.0. The number of benzene rings is 2. The van der Waals surface area contributed by atoms with Gasteiger partial charge in [0.2, 0.25) is 5.88 Å². The number of nitriles is 1. The normalized spacial score (nSPS) is 15.3. The Labute approximate surface area is 168 Å². The van der Waals surface area contributed by atoms with Crippen LogP contribution in [-0.4, -0.2) is 4.57 Å². The number of pyridine rings is 1. The van der Waals surface area contributed by atoms with Gasteiger partial charge in [-0.3, -0.25) is 4.79 Å². The van der Waals surface area contributed by atoms with Crippen LogP contribution in [0.1, 0.15) is 22.7 Å². The van der Waals surface area contributed by atoms with E-state index in [1.54, 1.807) is 13.1 Å². The van der Waals surface area contributed by atoms with Gasteiger partial charge in [-0.1, -0.05) is 30.3 Å². The molecule has 6 nitrogen and oxygen atoms in total. The Kier molecular flexibility index (Phi) is 4.57. The topological polar surface area (TPSA) is 90.3 Å². The molecule has 0 fully saturated rings. The zero-order valence-electron chi connectivity index (χ0n) is 16.0. The zero-order chi connectivity index (χ0) is 20.5. The number of aryl methyl sites for hydroxylation is 1. The number of para-hydroxylation sites is 1. The first kappa shape index (κ1) is 18.4. The third kappa shape index (κ3) is 3.23. The van der Waals surface area contributed by atoms with Crippen LogP contribution in [0, 0.1) is 18.3 Å². The maximum atomic E-state index is 13.0. The molecule has 6 heteroatoms. The number of hydrogen-bond acceptors (Lipinski definition) is 5. The molecule has 1 aromatic heterocycles. The Balaban J connectivity index is 1.86. The van der Waals surface area contributed by atoms with Gasteiger partial charge in [-0.25, -0.2) is 0 Å². The quantitative estimate of drug-likeness (QED) is 0.742. The number of ether oxygens (including phenoxy) is 2. The van der Waals surface area contributed by atoms with Gasteiger partial charge in [-0.15, -0.1) is 0 Å². The average Bonchev–Trinajstić information content (AvgIpc) is 2.72. The average molecular weight is 385 g/mol. The van der Waals surface area contributed by atoms with Crippen LogP contribution in [0.25, 0.3) is 0 Å². The molecule has 0 spiro atoms. The molecule has 2 N–H and O–H groups in total. The lowest BCUT2D eigenvalue weighted by atomic mass is 9.84. The number of fused-ring (bicyclic) bond motifs is 1. The van der Waals surface area contributed by atoms with E-state index in [4.69, 9.17) is 15.2 Å². The summed E-state index contributed by atoms with van der Waals surface area (Å²) in [6.45, 7) is 1.81. The van der Waals surface area contributed by atoms with E-state index in [0.717, 1.165) is 11.3 Å². The highest BCUT2D eigenvalue weighted by atomic mass is 16.5. The number of rotatable bonds is 3. The summed E-state index contributed by atoms with van der Waals surface area (Å²) in [5.74, 6) is 1.04. The molecular formula is C23H19N3O3. The number of aromatic nitrogens is 1. The van der Waals surface area contributed by atoms with Gasteiger partial charge in [-0.05, 0) is 36.8 Å². The molecular weight excluding hydrogens is 366 g/mol. The van der Waals surface area contributed by atoms with E-state index in [-0.39, 0.29) is 17.0 Å². The van der Waals surface area contributed by atoms with Crippen LogP contribution in [0.4, 0.5) is 0 Å². The van der Waals surface area contributed by atoms with E-state index in [0.29, 0.717) is 22.8 Å². The third-order valence-corrected chi connectivity index (χ3v) is 5.02. The monoisotopic (exact) mass is 385 g/mol. The van der Waals surface area contributed by atoms with Crippen molar-refractivity contribution >= 4 is 0 Å². The fraction of sp³-hybridized carbons (Fsp3) is 0.130. The molecule has 3 aromatic rings. The van der Waals surface area contributed by atoms with Crippen molar-refractivity contribution in [2.45, 2.75) is 12.8 Å². The van der Waals surface area contributed by atoms with Crippen molar-refractivity contribution in [2.24, 2.45) is 12.8 Å². The van der Waals surface area contributed by atoms with E-state index < -0.39 is 5.92 Å². The van der Waals surface area contributed by atoms with Crippen molar-refractivity contribution in [3.05, 3.63) is 99.3 Å². The number of nitrogens with zero attached hydrogens (tertiary/aromatic N) is 2. The number of nitrogens with two attached hydrogens (primary N) is 1. The minimum absolute atomic E-state index is 0.00651. The lowest BCUT2D eigenvalue weighted by Crippen LogP contribution is -2.31. The smallest absolute Gasteiger partial charge is 0.258 e. The summed E-state index contributed by atoms with van der Waals surface area (Å²) in [6, 6.07) is 20.6. The van der Waals surface area contributed by atoms with Gasteiger partial charge in [0.1, 0.15) is 28.9 Å². The molecule has 0 radical (unpaired) electrons. The van der Waals surface area contributed by atoms with Crippen molar-refractivity contribution in [1.29, 1.82) is 5.26 Å². The maximum Gasteiger partial charge on any atom is 0.258 e. The summed E-state index contributed by atoms with van der Waals surface area (Å²) in [7, 11) is 1.69. The summed E-state index contributed by atoms with van der Waals surface area (Å²) in [5, 5.41) is 9.73. The fourth-order valence-electron chi connectivity index (χ4n) is 3.46. The molecule has 1 atom stereocenters. The maximum absolute atomic E-state index is 13.0. The zero-order valence-corrected chi connectivity index (χ0v) is 16.0. The van der Waals surface area contributed by atoms with Crippen molar-refractivity contribution < 1.29 is 9.47 Å². The van der Waals surface area contributed by atoms with Crippen LogP contribution < -0.4 is 20.8 Å². The summed E-state index contributed by atoms with van der Waals surface area (Å²) >= 11 is 0. The Morgan fingerprint density at radius 3 is 2.55 bits per heavy atom. The summed E-state index contributed by atoms with van der Waals surface area (Å²) in [6.07, 6.45) is 0. The minimum Gasteiger partial charge on any atom is -0.457 e. The van der Waals surface area contributed by atoms with Crippen LogP contribution >= 0.6 is 0 Å². The van der Waals surface area contributed by atoms with Gasteiger partial charge >= 0.3 is 0 Å². The number of hydrogen-bond donors (Lipinski definition) is 1. The van der Waals surface area contributed by atoms with Crippen LogP contribution in [0.2, 0.25) is 0 Å². The molecule has 4 rings (SSSR count). The van der Waals surface area contributed by atoms with Crippen LogP contribution in [0.3, 0.4) is 0 Å². The van der Waals surface area contributed by atoms with Crippen molar-refractivity contribution in [2.75, 3.05) is 0 Å². The first-order valence-electron chi connectivity index (χ1n) is 9.10. The molecule has 144 valence electrons. The predicted molar refractivity (Wildman–Crippen MR) is 109 cm³/mol. The molecule has 1 aliphatic heterocycles. The molecule has 0 bridgehead atoms. The molecule has 0 saturated heterocycles. The van der Waals surface area contributed by atoms with Gasteiger partial charge in [0, 0.05) is 18.8 Å². The Morgan fingerprint density at radius 2 is 1.83 bits per heavy atom. The SMILES string of the molecule is Cc1cc2c(c(=O)n1C)[C@@H](c1cccc(Oc3ccccc3)c1)C(C#N)=C(N)O2. The second kappa shape index (κ2) is 7.21. The highest BCUT2D eigenvalue weighted by Gasteiger charge is 2.34. The van der Waals surface area contributed by atoms with E-state index in [9.17, 15) is 10.1 Å². The minimum atomic E-state index is -0.637. The molecule has 29 heavy (non-hydrogen) atoms. The Bertz CT molecular complexity index is 1220. The van der Waals surface area contributed by atoms with Gasteiger partial charge in [0.05, 0.1) is 11.5 Å². The predicted octanol–water partition coefficient (Wildman–Crippen LogP) is 3.70. The van der Waals surface area contributed by atoms with Gasteiger partial charge in [0.15, 0.2) is 0 Å². The van der Waals surface area contributed by atoms with Gasteiger partial charge < -0.3 is 19.8 Å². The van der Waals surface area contributed by atoms with E-state index in [2.05, 4.69) is 6.07 Å². The first-order valence-corrected chi connectivity index (χ1v) is 9.10. The Morgan fingerprint density at radius 1 is 1.10 bits per heavy atom. The Hall–Kier alpha value is -3.98. The standard InChI is InChI=1S/C23H19N3O3/c1-14-11-19-21(23(27)26(14)2)20(18(13-24)22(25)29-19)15-7-6-10-17(12-15)28-16-8-4-3-5-9-16/h3-12,20H,25H2,1-2H3/t20-/m0/s1. The lowest BCUT2D eigenvalue weighted by molar-refractivity contribution is 0.389. The first-order chi connectivity index (χ1) is 14.0. The fourth-order valence-corrected chi connectivity index (χ4v) is 3.46. The highest BCUT2D eigenvalue weighted by molar-refractivity contribution is 5.56. The molecule has 0 amide bonds. The van der Waals surface area contributed by atoms with Crippen molar-refractivity contribution in [3.8, 4) is 23.3 Å². The van der Waals surface area contributed by atoms with E-state index >= 15 is 0 Å². The summed E-state index contributed by atoms with van der Waals surface area (Å²) in [5.41, 5.74) is 7.86. The van der Waals surface area contributed by atoms with Gasteiger partial charge in [-0.2, -0.15) is 5.26 Å². The van der Waals surface area contributed by atoms with E-state index in [1.165, 1.54) is 4.57 Å². The van der Waals surface area contributed by atoms with Gasteiger partial charge in [0.25, 0.3) is 5.56 Å². The lowest BCUT2D eigenvalue weighted by Gasteiger charge is -2.27. The van der Waals surface area contributed by atoms with Crippen molar-refractivity contribution in [1.82, 2.24) is 4.57 Å². The number of allylic oxidation sites excluding steroid dienone is 1. The van der Waals surface area contributed by atoms with Crippen LogP contribution in [0.15, 0.2) is 76.9 Å². The molecule has 2 heterocycles. The highest BCUT2D eigenvalue weighted by Crippen LogP contribution is 2.41. The second-order valence-corrected chi connectivity index (χ2v) is 6.84. The molecule has 2 aromatic carbocycles. The molecule has 0 saturated carbocycles. The molecule has 0 aliphatic carbocycles. The molecule has 0 unspecified atom stereocenters. The molecule has 1 aliphatic rings.